The Balaban J connectivity index is 1.79. The fourth-order valence-electron chi connectivity index (χ4n) is 3.81. The first-order valence-electron chi connectivity index (χ1n) is 8.27. The van der Waals surface area contributed by atoms with Crippen molar-refractivity contribution in [1.29, 1.82) is 0 Å². The van der Waals surface area contributed by atoms with E-state index in [1.54, 1.807) is 0 Å². The van der Waals surface area contributed by atoms with Gasteiger partial charge in [0.2, 0.25) is 5.91 Å². The number of rotatable bonds is 5. The van der Waals surface area contributed by atoms with E-state index in [-0.39, 0.29) is 11.3 Å². The van der Waals surface area contributed by atoms with E-state index in [0.29, 0.717) is 19.5 Å². The number of hydrogen-bond donors (Lipinski definition) is 3. The molecule has 0 spiro atoms. The van der Waals surface area contributed by atoms with Crippen molar-refractivity contribution in [1.82, 2.24) is 5.32 Å². The zero-order valence-electron chi connectivity index (χ0n) is 12.6. The van der Waals surface area contributed by atoms with Crippen LogP contribution in [0.15, 0.2) is 0 Å². The van der Waals surface area contributed by atoms with Crippen molar-refractivity contribution in [3.05, 3.63) is 0 Å². The molecule has 0 aromatic rings. The summed E-state index contributed by atoms with van der Waals surface area (Å²) in [5.74, 6) is 0.0661. The third-order valence-corrected chi connectivity index (χ3v) is 5.28. The molecular weight excluding hydrogens is 252 g/mol. The van der Waals surface area contributed by atoms with Gasteiger partial charge in [-0.1, -0.05) is 38.5 Å². The third kappa shape index (κ3) is 4.19. The molecule has 0 aliphatic heterocycles. The summed E-state index contributed by atoms with van der Waals surface area (Å²) in [6.07, 6.45) is 11.3. The lowest BCUT2D eigenvalue weighted by molar-refractivity contribution is -0.125. The minimum absolute atomic E-state index is 0.0114. The Labute approximate surface area is 122 Å². The highest BCUT2D eigenvalue weighted by Crippen LogP contribution is 2.38. The molecular formula is C16H30N2O2. The first-order chi connectivity index (χ1) is 9.58. The molecule has 2 aliphatic rings. The third-order valence-electron chi connectivity index (χ3n) is 5.28. The van der Waals surface area contributed by atoms with Gasteiger partial charge in [0.05, 0.1) is 5.60 Å². The summed E-state index contributed by atoms with van der Waals surface area (Å²) in [6.45, 7) is 1.01. The predicted octanol–water partition coefficient (Wildman–Crippen LogP) is 2.10. The summed E-state index contributed by atoms with van der Waals surface area (Å²) in [5.41, 5.74) is 5.26. The number of amides is 1. The zero-order valence-corrected chi connectivity index (χ0v) is 12.6. The van der Waals surface area contributed by atoms with E-state index in [1.165, 1.54) is 25.7 Å². The largest absolute Gasteiger partial charge is 0.388 e. The van der Waals surface area contributed by atoms with Gasteiger partial charge in [-0.3, -0.25) is 4.79 Å². The molecule has 0 aromatic carbocycles. The Morgan fingerprint density at radius 3 is 2.10 bits per heavy atom. The highest BCUT2D eigenvalue weighted by Gasteiger charge is 2.34. The average Bonchev–Trinajstić information content (AvgIpc) is 2.47. The second kappa shape index (κ2) is 6.90. The molecule has 0 aromatic heterocycles. The minimum Gasteiger partial charge on any atom is -0.388 e. The van der Waals surface area contributed by atoms with Crippen molar-refractivity contribution in [2.45, 2.75) is 76.2 Å². The van der Waals surface area contributed by atoms with Crippen LogP contribution in [0.25, 0.3) is 0 Å². The molecule has 20 heavy (non-hydrogen) atoms. The molecule has 4 nitrogen and oxygen atoms in total. The first-order valence-corrected chi connectivity index (χ1v) is 8.27. The van der Waals surface area contributed by atoms with Crippen molar-refractivity contribution in [3.63, 3.8) is 0 Å². The summed E-state index contributed by atoms with van der Waals surface area (Å²) in [4.78, 5) is 12.2. The van der Waals surface area contributed by atoms with Gasteiger partial charge in [-0.2, -0.15) is 0 Å². The molecule has 1 amide bonds. The normalized spacial score (nSPS) is 25.1. The molecule has 0 heterocycles. The first kappa shape index (κ1) is 15.8. The van der Waals surface area contributed by atoms with Crippen LogP contribution in [0.4, 0.5) is 0 Å². The standard InChI is InChI=1S/C16H30N2O2/c17-12-15(7-3-1-4-8-15)11-14(19)18-13-16(20)9-5-2-6-10-16/h20H,1-13,17H2,(H,18,19). The van der Waals surface area contributed by atoms with Crippen LogP contribution < -0.4 is 11.1 Å². The van der Waals surface area contributed by atoms with Crippen LogP contribution in [0.2, 0.25) is 0 Å². The van der Waals surface area contributed by atoms with Crippen LogP contribution in [0.1, 0.15) is 70.6 Å². The van der Waals surface area contributed by atoms with Crippen LogP contribution in [-0.2, 0) is 4.79 Å². The molecule has 4 N–H and O–H groups in total. The lowest BCUT2D eigenvalue weighted by atomic mass is 9.71. The number of nitrogens with two attached hydrogens (primary N) is 1. The SMILES string of the molecule is NCC1(CC(=O)NCC2(O)CCCCC2)CCCCC1. The summed E-state index contributed by atoms with van der Waals surface area (Å²) < 4.78 is 0. The number of hydrogen-bond acceptors (Lipinski definition) is 3. The van der Waals surface area contributed by atoms with Gasteiger partial charge in [-0.05, 0) is 37.6 Å². The topological polar surface area (TPSA) is 75.4 Å². The molecule has 0 bridgehead atoms. The van der Waals surface area contributed by atoms with E-state index < -0.39 is 5.60 Å². The van der Waals surface area contributed by atoms with Gasteiger partial charge in [0.15, 0.2) is 0 Å². The maximum atomic E-state index is 12.2. The monoisotopic (exact) mass is 282 g/mol. The molecule has 116 valence electrons. The Hall–Kier alpha value is -0.610. The Bertz CT molecular complexity index is 318. The molecule has 0 unspecified atom stereocenters. The number of nitrogens with one attached hydrogen (secondary N) is 1. The smallest absolute Gasteiger partial charge is 0.220 e. The number of aliphatic hydroxyl groups is 1. The second-order valence-corrected chi connectivity index (χ2v) is 7.00. The highest BCUT2D eigenvalue weighted by atomic mass is 16.3. The molecule has 0 radical (unpaired) electrons. The van der Waals surface area contributed by atoms with Crippen LogP contribution in [0.3, 0.4) is 0 Å². The number of carbonyl (C=O) groups excluding carboxylic acids is 1. The Morgan fingerprint density at radius 1 is 1.00 bits per heavy atom. The van der Waals surface area contributed by atoms with Crippen molar-refractivity contribution < 1.29 is 9.90 Å². The van der Waals surface area contributed by atoms with Crippen LogP contribution in [0, 0.1) is 5.41 Å². The highest BCUT2D eigenvalue weighted by molar-refractivity contribution is 5.76. The van der Waals surface area contributed by atoms with Crippen LogP contribution in [0.5, 0.6) is 0 Å². The van der Waals surface area contributed by atoms with E-state index in [9.17, 15) is 9.90 Å². The maximum Gasteiger partial charge on any atom is 0.220 e. The molecule has 2 fully saturated rings. The summed E-state index contributed by atoms with van der Waals surface area (Å²) >= 11 is 0. The molecule has 2 saturated carbocycles. The quantitative estimate of drug-likeness (QED) is 0.723. The average molecular weight is 282 g/mol. The van der Waals surface area contributed by atoms with Crippen LogP contribution >= 0.6 is 0 Å². The van der Waals surface area contributed by atoms with Gasteiger partial charge in [-0.15, -0.1) is 0 Å². The number of carbonyl (C=O) groups is 1. The summed E-state index contributed by atoms with van der Waals surface area (Å²) in [7, 11) is 0. The lowest BCUT2D eigenvalue weighted by Crippen LogP contribution is -2.46. The zero-order chi connectivity index (χ0) is 14.5. The van der Waals surface area contributed by atoms with Crippen LogP contribution in [-0.4, -0.2) is 29.7 Å². The van der Waals surface area contributed by atoms with E-state index in [2.05, 4.69) is 5.32 Å². The van der Waals surface area contributed by atoms with Crippen molar-refractivity contribution in [2.24, 2.45) is 11.1 Å². The predicted molar refractivity (Wildman–Crippen MR) is 80.2 cm³/mol. The van der Waals surface area contributed by atoms with Gasteiger partial charge in [0, 0.05) is 13.0 Å². The molecule has 4 heteroatoms. The Morgan fingerprint density at radius 2 is 1.55 bits per heavy atom. The van der Waals surface area contributed by atoms with Gasteiger partial charge in [0.1, 0.15) is 0 Å². The van der Waals surface area contributed by atoms with E-state index in [4.69, 9.17) is 5.73 Å². The van der Waals surface area contributed by atoms with E-state index in [1.807, 2.05) is 0 Å². The van der Waals surface area contributed by atoms with Gasteiger partial charge in [0.25, 0.3) is 0 Å². The molecule has 0 saturated heterocycles. The minimum atomic E-state index is -0.670. The fraction of sp³-hybridized carbons (Fsp3) is 0.938. The lowest BCUT2D eigenvalue weighted by Gasteiger charge is -2.36. The maximum absolute atomic E-state index is 12.2. The van der Waals surface area contributed by atoms with Gasteiger partial charge < -0.3 is 16.2 Å². The molecule has 0 atom stereocenters. The van der Waals surface area contributed by atoms with Gasteiger partial charge >= 0.3 is 0 Å². The van der Waals surface area contributed by atoms with E-state index >= 15 is 0 Å². The fourth-order valence-corrected chi connectivity index (χ4v) is 3.81. The summed E-state index contributed by atoms with van der Waals surface area (Å²) in [5, 5.41) is 13.4. The van der Waals surface area contributed by atoms with E-state index in [0.717, 1.165) is 38.5 Å². The van der Waals surface area contributed by atoms with Crippen molar-refractivity contribution in [2.75, 3.05) is 13.1 Å². The molecule has 2 aliphatic carbocycles. The second-order valence-electron chi connectivity index (χ2n) is 7.00. The van der Waals surface area contributed by atoms with Crippen molar-refractivity contribution in [3.8, 4) is 0 Å². The van der Waals surface area contributed by atoms with Gasteiger partial charge in [-0.25, -0.2) is 0 Å². The summed E-state index contributed by atoms with van der Waals surface area (Å²) in [6, 6.07) is 0. The Kier molecular flexibility index (Phi) is 5.44. The molecule has 2 rings (SSSR count). The van der Waals surface area contributed by atoms with Crippen molar-refractivity contribution >= 4 is 5.91 Å².